The normalized spacial score (nSPS) is 15.4. The van der Waals surface area contributed by atoms with Gasteiger partial charge in [0.05, 0.1) is 0 Å². The van der Waals surface area contributed by atoms with E-state index >= 15 is 9.13 Å². The van der Waals surface area contributed by atoms with Gasteiger partial charge in [0.25, 0.3) is 0 Å². The van der Waals surface area contributed by atoms with Gasteiger partial charge in [-0.25, -0.2) is 0 Å². The average Bonchev–Trinajstić information content (AvgIpc) is 3.17. The van der Waals surface area contributed by atoms with Crippen LogP contribution in [0.1, 0.15) is 216 Å². The van der Waals surface area contributed by atoms with E-state index in [1.807, 2.05) is 6.92 Å². The molecule has 0 N–H and O–H groups in total. The molecule has 54 heavy (non-hydrogen) atoms. The van der Waals surface area contributed by atoms with Crippen LogP contribution in [0.5, 0.6) is 0 Å². The predicted molar refractivity (Wildman–Crippen MR) is 229 cm³/mol. The molecule has 0 heterocycles. The third-order valence-electron chi connectivity index (χ3n) is 10.0. The van der Waals surface area contributed by atoms with Crippen LogP contribution in [0.2, 0.25) is 0 Å². The van der Waals surface area contributed by atoms with Crippen LogP contribution < -0.4 is 0 Å². The Morgan fingerprint density at radius 2 is 0.704 bits per heavy atom. The third kappa shape index (κ3) is 24.6. The zero-order chi connectivity index (χ0) is 40.3. The summed E-state index contributed by atoms with van der Waals surface area (Å²) >= 11 is -3.22. The number of rotatable bonds is 42. The molecule has 0 radical (unpaired) electrons. The van der Waals surface area contributed by atoms with Gasteiger partial charge >= 0.3 is 342 Å². The monoisotopic (exact) mass is 875 g/mol. The Morgan fingerprint density at radius 1 is 0.407 bits per heavy atom. The minimum absolute atomic E-state index is 0.0834. The fraction of sp³-hybridized carbons (Fsp3) is 1.00. The molecule has 0 aliphatic heterocycles. The second-order valence-corrected chi connectivity index (χ2v) is 21.5. The first-order valence-corrected chi connectivity index (χ1v) is 28.3. The molecule has 0 aliphatic rings. The van der Waals surface area contributed by atoms with Crippen LogP contribution in [0, 0.1) is 11.8 Å². The van der Waals surface area contributed by atoms with E-state index in [9.17, 15) is 0 Å². The number of unbranched alkanes of at least 4 members (excludes halogenated alkanes) is 14. The molecule has 0 aromatic carbocycles. The van der Waals surface area contributed by atoms with Crippen molar-refractivity contribution in [1.29, 1.82) is 0 Å². The SMILES string of the molecule is CCCCCCOP(=O)(OCCCCCC)C(O[As](OCC)OC(C(CC)CCCC)P(=O)(OCCCCCC)OCCCCCC)C(CC)CCCC. The standard InChI is InChI=1S/C42H89AsO9P2/c1-10-19-25-29-35-47-53(44,48-36-30-26-20-11-2)41(39(16-7)33-23-14-5)51-43(46-18-9)52-42(40(17-8)34-24-15-6)54(45,49-37-31-27-21-12-3)50-38-32-28-22-13-4/h39-42H,10-38H2,1-9H3. The summed E-state index contributed by atoms with van der Waals surface area (Å²) in [5.41, 5.74) is 0. The van der Waals surface area contributed by atoms with Gasteiger partial charge in [-0.05, 0) is 0 Å². The van der Waals surface area contributed by atoms with Gasteiger partial charge in [0.15, 0.2) is 0 Å². The minimum atomic E-state index is -3.78. The van der Waals surface area contributed by atoms with Crippen molar-refractivity contribution in [1.82, 2.24) is 0 Å². The van der Waals surface area contributed by atoms with Gasteiger partial charge in [-0.2, -0.15) is 0 Å². The van der Waals surface area contributed by atoms with E-state index in [4.69, 9.17) is 29.3 Å². The second-order valence-electron chi connectivity index (χ2n) is 14.9. The molecular formula is C42H89AsO9P2. The molecule has 0 bridgehead atoms. The van der Waals surface area contributed by atoms with Crippen molar-refractivity contribution in [3.8, 4) is 0 Å². The Kier molecular flexibility index (Phi) is 37.3. The first kappa shape index (κ1) is 54.7. The Labute approximate surface area is 340 Å². The molecule has 4 atom stereocenters. The molecule has 12 heteroatoms. The first-order valence-electron chi connectivity index (χ1n) is 22.7. The van der Waals surface area contributed by atoms with Crippen LogP contribution in [0.15, 0.2) is 0 Å². The van der Waals surface area contributed by atoms with Crippen molar-refractivity contribution in [2.45, 2.75) is 228 Å². The molecule has 0 saturated carbocycles. The van der Waals surface area contributed by atoms with Crippen molar-refractivity contribution in [3.63, 3.8) is 0 Å². The molecule has 0 rings (SSSR count). The third-order valence-corrected chi connectivity index (χ3v) is 17.9. The number of hydrogen-bond donors (Lipinski definition) is 0. The van der Waals surface area contributed by atoms with Gasteiger partial charge in [-0.1, -0.05) is 0 Å². The maximum atomic E-state index is 15.2. The summed E-state index contributed by atoms with van der Waals surface area (Å²) in [6, 6.07) is 0. The predicted octanol–water partition coefficient (Wildman–Crippen LogP) is 14.9. The van der Waals surface area contributed by atoms with E-state index in [0.29, 0.717) is 33.0 Å². The van der Waals surface area contributed by atoms with Gasteiger partial charge in [-0.3, -0.25) is 0 Å². The summed E-state index contributed by atoms with van der Waals surface area (Å²) in [6.45, 7) is 21.0. The topological polar surface area (TPSA) is 98.8 Å². The van der Waals surface area contributed by atoms with Gasteiger partial charge in [-0.15, -0.1) is 0 Å². The molecule has 0 saturated heterocycles. The quantitative estimate of drug-likeness (QED) is 0.0337. The van der Waals surface area contributed by atoms with Crippen LogP contribution >= 0.6 is 15.2 Å². The fourth-order valence-electron chi connectivity index (χ4n) is 6.45. The van der Waals surface area contributed by atoms with Crippen molar-refractivity contribution >= 4 is 30.9 Å². The molecule has 4 unspecified atom stereocenters. The second kappa shape index (κ2) is 36.8. The fourth-order valence-corrected chi connectivity index (χ4v) is 15.2. The Balaban J connectivity index is 6.96. The van der Waals surface area contributed by atoms with Crippen LogP contribution in [-0.2, 0) is 38.4 Å². The summed E-state index contributed by atoms with van der Waals surface area (Å²) in [5, 5.41) is 0. The van der Waals surface area contributed by atoms with Gasteiger partial charge in [0, 0.05) is 0 Å². The molecule has 0 spiro atoms. The van der Waals surface area contributed by atoms with E-state index in [2.05, 4.69) is 55.4 Å². The zero-order valence-electron chi connectivity index (χ0n) is 36.8. The van der Waals surface area contributed by atoms with Crippen molar-refractivity contribution in [2.75, 3.05) is 33.0 Å². The molecule has 0 amide bonds. The van der Waals surface area contributed by atoms with E-state index in [1.54, 1.807) is 0 Å². The van der Waals surface area contributed by atoms with E-state index in [-0.39, 0.29) is 11.8 Å². The van der Waals surface area contributed by atoms with Crippen LogP contribution in [0.3, 0.4) is 0 Å². The van der Waals surface area contributed by atoms with Crippen molar-refractivity contribution < 1.29 is 38.4 Å². The molecule has 0 aliphatic carbocycles. The van der Waals surface area contributed by atoms with E-state index in [0.717, 1.165) is 154 Å². The summed E-state index contributed by atoms with van der Waals surface area (Å²) < 4.78 is 76.1. The molecule has 0 fully saturated rings. The van der Waals surface area contributed by atoms with Crippen LogP contribution in [-0.4, -0.2) is 60.4 Å². The summed E-state index contributed by atoms with van der Waals surface area (Å²) in [5.74, 6) is -1.86. The van der Waals surface area contributed by atoms with E-state index < -0.39 is 42.6 Å². The van der Waals surface area contributed by atoms with Gasteiger partial charge in [0.2, 0.25) is 0 Å². The Bertz CT molecular complexity index is 811. The molecule has 326 valence electrons. The summed E-state index contributed by atoms with van der Waals surface area (Å²) in [7, 11) is -7.57. The Hall–Kier alpha value is 0.738. The first-order chi connectivity index (χ1) is 26.2. The molecule has 0 aromatic rings. The molecular weight excluding hydrogens is 785 g/mol. The summed E-state index contributed by atoms with van der Waals surface area (Å²) in [6.07, 6.45) is 23.2. The van der Waals surface area contributed by atoms with Gasteiger partial charge in [0.1, 0.15) is 0 Å². The maximum absolute atomic E-state index is 15.2. The van der Waals surface area contributed by atoms with Crippen molar-refractivity contribution in [3.05, 3.63) is 0 Å². The van der Waals surface area contributed by atoms with E-state index in [1.165, 1.54) is 0 Å². The molecule has 0 aromatic heterocycles. The van der Waals surface area contributed by atoms with Gasteiger partial charge < -0.3 is 0 Å². The zero-order valence-corrected chi connectivity index (χ0v) is 40.5. The average molecular weight is 875 g/mol. The van der Waals surface area contributed by atoms with Crippen LogP contribution in [0.4, 0.5) is 0 Å². The summed E-state index contributed by atoms with van der Waals surface area (Å²) in [4.78, 5) is 0. The Morgan fingerprint density at radius 3 is 0.944 bits per heavy atom. The number of hydrogen-bond acceptors (Lipinski definition) is 9. The van der Waals surface area contributed by atoms with Crippen LogP contribution in [0.25, 0.3) is 0 Å². The molecule has 9 nitrogen and oxygen atoms in total. The van der Waals surface area contributed by atoms with Crippen molar-refractivity contribution in [2.24, 2.45) is 11.8 Å².